The molecule has 1 amide bonds. The van der Waals surface area contributed by atoms with Crippen LogP contribution in [-0.4, -0.2) is 62.8 Å². The molecule has 0 atom stereocenters. The fraction of sp³-hybridized carbons (Fsp3) is 0.375. The van der Waals surface area contributed by atoms with Crippen LogP contribution in [0.1, 0.15) is 53.9 Å². The lowest BCUT2D eigenvalue weighted by Gasteiger charge is -2.17. The van der Waals surface area contributed by atoms with Gasteiger partial charge in [-0.25, -0.2) is 9.97 Å². The zero-order valence-electron chi connectivity index (χ0n) is 25.6. The number of alkyl halides is 3. The summed E-state index contributed by atoms with van der Waals surface area (Å²) in [4.78, 5) is 24.0. The highest BCUT2D eigenvalue weighted by Crippen LogP contribution is 2.31. The second-order valence-corrected chi connectivity index (χ2v) is 11.0. The van der Waals surface area contributed by atoms with Gasteiger partial charge < -0.3 is 26.2 Å². The molecular weight excluding hydrogens is 583 g/mol. The molecule has 4 aromatic rings. The van der Waals surface area contributed by atoms with Crippen LogP contribution in [0.5, 0.6) is 0 Å². The van der Waals surface area contributed by atoms with E-state index in [2.05, 4.69) is 50.0 Å². The maximum absolute atomic E-state index is 13.2. The first-order chi connectivity index (χ1) is 21.6. The fourth-order valence-corrected chi connectivity index (χ4v) is 4.76. The van der Waals surface area contributed by atoms with Crippen LogP contribution in [0.2, 0.25) is 0 Å². The van der Waals surface area contributed by atoms with Crippen LogP contribution < -0.4 is 21.3 Å². The second kappa shape index (κ2) is 14.1. The average Bonchev–Trinajstić information content (AvgIpc) is 3.75. The van der Waals surface area contributed by atoms with Crippen molar-refractivity contribution in [1.29, 1.82) is 0 Å². The summed E-state index contributed by atoms with van der Waals surface area (Å²) in [5.74, 6) is 1.31. The molecule has 1 aliphatic rings. The molecule has 5 rings (SSSR count). The maximum Gasteiger partial charge on any atom is 0.416 e. The molecule has 10 nitrogen and oxygen atoms in total. The summed E-state index contributed by atoms with van der Waals surface area (Å²) in [6.07, 6.45) is -0.824. The van der Waals surface area contributed by atoms with E-state index in [1.165, 1.54) is 18.5 Å². The lowest BCUT2D eigenvalue weighted by molar-refractivity contribution is -0.137. The molecule has 1 aliphatic carbocycles. The van der Waals surface area contributed by atoms with Gasteiger partial charge in [0.05, 0.1) is 11.3 Å². The van der Waals surface area contributed by atoms with Crippen LogP contribution >= 0.6 is 0 Å². The molecule has 0 radical (unpaired) electrons. The molecule has 4 N–H and O–H groups in total. The van der Waals surface area contributed by atoms with Crippen LogP contribution in [-0.2, 0) is 12.7 Å². The Morgan fingerprint density at radius 3 is 2.58 bits per heavy atom. The Balaban J connectivity index is 1.37. The molecule has 0 bridgehead atoms. The highest BCUT2D eigenvalue weighted by molar-refractivity contribution is 6.04. The van der Waals surface area contributed by atoms with Gasteiger partial charge in [0.15, 0.2) is 5.82 Å². The number of aromatic nitrogens is 4. The third-order valence-corrected chi connectivity index (χ3v) is 7.57. The van der Waals surface area contributed by atoms with E-state index in [-0.39, 0.29) is 5.56 Å². The Morgan fingerprint density at radius 1 is 1.04 bits per heavy atom. The highest BCUT2D eigenvalue weighted by atomic mass is 19.4. The summed E-state index contributed by atoms with van der Waals surface area (Å²) >= 11 is 0. The zero-order valence-corrected chi connectivity index (χ0v) is 25.6. The normalized spacial score (nSPS) is 13.2. The summed E-state index contributed by atoms with van der Waals surface area (Å²) in [5.41, 5.74) is 1.83. The quantitative estimate of drug-likeness (QED) is 0.127. The van der Waals surface area contributed by atoms with E-state index >= 15 is 0 Å². The summed E-state index contributed by atoms with van der Waals surface area (Å²) < 4.78 is 41.3. The van der Waals surface area contributed by atoms with E-state index in [1.807, 2.05) is 25.1 Å². The number of hydrogen-bond acceptors (Lipinski definition) is 8. The first-order valence-corrected chi connectivity index (χ1v) is 15.1. The molecule has 2 heterocycles. The number of amides is 1. The Kier molecular flexibility index (Phi) is 9.99. The van der Waals surface area contributed by atoms with Crippen molar-refractivity contribution in [2.45, 2.75) is 52.4 Å². The number of halogens is 3. The molecule has 1 fully saturated rings. The highest BCUT2D eigenvalue weighted by Gasteiger charge is 2.31. The number of aryl methyl sites for hydroxylation is 1. The predicted molar refractivity (Wildman–Crippen MR) is 169 cm³/mol. The van der Waals surface area contributed by atoms with Gasteiger partial charge in [0.25, 0.3) is 5.91 Å². The Hall–Kier alpha value is -4.49. The van der Waals surface area contributed by atoms with Crippen molar-refractivity contribution in [3.63, 3.8) is 0 Å². The van der Waals surface area contributed by atoms with Crippen molar-refractivity contribution in [2.75, 3.05) is 42.1 Å². The smallest absolute Gasteiger partial charge is 0.367 e. The van der Waals surface area contributed by atoms with E-state index < -0.39 is 17.6 Å². The number of hydrogen-bond donors (Lipinski definition) is 4. The number of carbonyl (C=O) groups excluding carboxylic acids is 1. The first-order valence-electron chi connectivity index (χ1n) is 15.1. The molecule has 0 saturated heterocycles. The number of benzene rings is 2. The van der Waals surface area contributed by atoms with E-state index in [4.69, 9.17) is 5.10 Å². The SMILES string of the molecule is CCN(CC)CCNCc1cc(Nc2cc(NC(=O)c3cccc(C(F)(F)F)c3)ccc2C)n(-c2cc(NC3CC3)ncn2)n1. The fourth-order valence-electron chi connectivity index (χ4n) is 4.76. The molecule has 13 heteroatoms. The average molecular weight is 622 g/mol. The summed E-state index contributed by atoms with van der Waals surface area (Å²) in [6, 6.07) is 13.8. The van der Waals surface area contributed by atoms with Crippen molar-refractivity contribution in [3.05, 3.63) is 83.3 Å². The van der Waals surface area contributed by atoms with Crippen LogP contribution in [0.25, 0.3) is 5.82 Å². The van der Waals surface area contributed by atoms with Gasteiger partial charge in [0, 0.05) is 54.7 Å². The zero-order chi connectivity index (χ0) is 32.0. The minimum Gasteiger partial charge on any atom is -0.367 e. The number of nitrogens with zero attached hydrogens (tertiary/aromatic N) is 5. The molecule has 2 aromatic carbocycles. The van der Waals surface area contributed by atoms with Crippen molar-refractivity contribution in [2.24, 2.45) is 0 Å². The summed E-state index contributed by atoms with van der Waals surface area (Å²) in [6.45, 7) is 10.5. The van der Waals surface area contributed by atoms with Crippen molar-refractivity contribution in [1.82, 2.24) is 30.0 Å². The molecule has 238 valence electrons. The third-order valence-electron chi connectivity index (χ3n) is 7.57. The number of rotatable bonds is 14. The van der Waals surface area contributed by atoms with Crippen LogP contribution in [0, 0.1) is 6.92 Å². The molecule has 0 spiro atoms. The minimum absolute atomic E-state index is 0.0875. The van der Waals surface area contributed by atoms with Gasteiger partial charge in [-0.05, 0) is 68.8 Å². The van der Waals surface area contributed by atoms with Crippen LogP contribution in [0.15, 0.2) is 60.9 Å². The van der Waals surface area contributed by atoms with E-state index in [9.17, 15) is 18.0 Å². The third kappa shape index (κ3) is 8.58. The lowest BCUT2D eigenvalue weighted by atomic mass is 10.1. The second-order valence-electron chi connectivity index (χ2n) is 11.0. The van der Waals surface area contributed by atoms with Gasteiger partial charge in [0.2, 0.25) is 0 Å². The first kappa shape index (κ1) is 31.9. The molecular formula is C32H38F3N9O. The maximum atomic E-state index is 13.2. The standard InChI is InChI=1S/C32H38F3N9O/c1-4-43(5-2)14-13-36-19-26-17-30(44(42-26)29-18-28(37-20-38-29)39-24-11-12-24)41-27-16-25(10-9-21(27)3)40-31(45)22-7-6-8-23(15-22)32(33,34)35/h6-10,15-18,20,24,36,41H,4-5,11-14,19H2,1-3H3,(H,40,45)(H,37,38,39). The van der Waals surface area contributed by atoms with Crippen LogP contribution in [0.3, 0.4) is 0 Å². The molecule has 0 unspecified atom stereocenters. The molecule has 45 heavy (non-hydrogen) atoms. The summed E-state index contributed by atoms with van der Waals surface area (Å²) in [5, 5.41) is 17.8. The van der Waals surface area contributed by atoms with E-state index in [0.29, 0.717) is 35.6 Å². The van der Waals surface area contributed by atoms with Gasteiger partial charge in [-0.1, -0.05) is 26.0 Å². The van der Waals surface area contributed by atoms with Crippen LogP contribution in [0.4, 0.5) is 36.2 Å². The summed E-state index contributed by atoms with van der Waals surface area (Å²) in [7, 11) is 0. The van der Waals surface area contributed by atoms with Crippen molar-refractivity contribution in [3.8, 4) is 5.82 Å². The largest absolute Gasteiger partial charge is 0.416 e. The molecule has 0 aliphatic heterocycles. The number of carbonyl (C=O) groups is 1. The van der Waals surface area contributed by atoms with Gasteiger partial charge in [-0.15, -0.1) is 0 Å². The van der Waals surface area contributed by atoms with Crippen molar-refractivity contribution < 1.29 is 18.0 Å². The van der Waals surface area contributed by atoms with E-state index in [0.717, 1.165) is 68.2 Å². The topological polar surface area (TPSA) is 112 Å². The Labute approximate surface area is 260 Å². The number of likely N-dealkylation sites (N-methyl/N-ethyl adjacent to an activating group) is 1. The van der Waals surface area contributed by atoms with Gasteiger partial charge in [0.1, 0.15) is 18.0 Å². The number of nitrogens with one attached hydrogen (secondary N) is 4. The predicted octanol–water partition coefficient (Wildman–Crippen LogP) is 5.99. The van der Waals surface area contributed by atoms with E-state index in [1.54, 1.807) is 16.8 Å². The Morgan fingerprint density at radius 2 is 1.84 bits per heavy atom. The van der Waals surface area contributed by atoms with Gasteiger partial charge in [-0.3, -0.25) is 4.79 Å². The van der Waals surface area contributed by atoms with Gasteiger partial charge >= 0.3 is 6.18 Å². The number of anilines is 4. The van der Waals surface area contributed by atoms with Gasteiger partial charge in [-0.2, -0.15) is 23.0 Å². The lowest BCUT2D eigenvalue weighted by Crippen LogP contribution is -2.31. The molecule has 1 saturated carbocycles. The monoisotopic (exact) mass is 621 g/mol. The van der Waals surface area contributed by atoms with Crippen molar-refractivity contribution >= 4 is 28.9 Å². The molecule has 2 aromatic heterocycles. The minimum atomic E-state index is -4.54. The Bertz CT molecular complexity index is 1610.